The summed E-state index contributed by atoms with van der Waals surface area (Å²) in [5, 5.41) is 0. The van der Waals surface area contributed by atoms with Crippen LogP contribution < -0.4 is 0 Å². The quantitative estimate of drug-likeness (QED) is 0.730. The molecule has 0 spiro atoms. The summed E-state index contributed by atoms with van der Waals surface area (Å²) in [7, 11) is -3.42. The van der Waals surface area contributed by atoms with Gasteiger partial charge in [0.25, 0.3) is 0 Å². The van der Waals surface area contributed by atoms with Gasteiger partial charge in [0.05, 0.1) is 9.67 Å². The van der Waals surface area contributed by atoms with Crippen molar-refractivity contribution < 1.29 is 8.42 Å². The monoisotopic (exact) mass is 385 g/mol. The summed E-state index contributed by atoms with van der Waals surface area (Å²) in [6, 6.07) is 1.76. The van der Waals surface area contributed by atoms with Gasteiger partial charge in [0.1, 0.15) is 4.90 Å². The molecular weight excluding hydrogens is 370 g/mol. The molecule has 1 saturated heterocycles. The highest BCUT2D eigenvalue weighted by atomic mass is 79.9. The van der Waals surface area contributed by atoms with Crippen LogP contribution in [0.25, 0.3) is 0 Å². The maximum atomic E-state index is 12.8. The molecule has 19 heavy (non-hydrogen) atoms. The zero-order valence-electron chi connectivity index (χ0n) is 10.7. The average Bonchev–Trinajstić information content (AvgIpc) is 2.61. The van der Waals surface area contributed by atoms with Gasteiger partial charge in [-0.15, -0.1) is 22.9 Å². The largest absolute Gasteiger partial charge is 0.245 e. The van der Waals surface area contributed by atoms with Crippen LogP contribution in [0.15, 0.2) is 14.7 Å². The molecule has 2 heterocycles. The van der Waals surface area contributed by atoms with E-state index in [2.05, 4.69) is 15.9 Å². The van der Waals surface area contributed by atoms with Gasteiger partial charge in [0.2, 0.25) is 10.0 Å². The predicted molar refractivity (Wildman–Crippen MR) is 83.4 cm³/mol. The number of alkyl halides is 1. The first-order valence-corrected chi connectivity index (χ1v) is 9.91. The van der Waals surface area contributed by atoms with Crippen LogP contribution >= 0.6 is 38.9 Å². The summed E-state index contributed by atoms with van der Waals surface area (Å²) in [6.07, 6.45) is 4.08. The van der Waals surface area contributed by atoms with Crippen molar-refractivity contribution in [1.29, 1.82) is 0 Å². The Kier molecular flexibility index (Phi) is 5.34. The molecule has 0 N–H and O–H groups in total. The Morgan fingerprint density at radius 3 is 2.84 bits per heavy atom. The molecular formula is C12H17BrClNO2S2. The van der Waals surface area contributed by atoms with Crippen LogP contribution in [0.3, 0.4) is 0 Å². The van der Waals surface area contributed by atoms with Crippen molar-refractivity contribution in [3.63, 3.8) is 0 Å². The minimum absolute atomic E-state index is 0.0683. The van der Waals surface area contributed by atoms with Crippen molar-refractivity contribution >= 4 is 48.9 Å². The molecule has 1 fully saturated rings. The maximum Gasteiger partial charge on any atom is 0.245 e. The Morgan fingerprint density at radius 2 is 2.21 bits per heavy atom. The third kappa shape index (κ3) is 3.35. The van der Waals surface area contributed by atoms with Gasteiger partial charge in [-0.05, 0) is 41.8 Å². The second-order valence-electron chi connectivity index (χ2n) is 4.80. The molecule has 1 aromatic heterocycles. The van der Waals surface area contributed by atoms with Crippen LogP contribution in [0.4, 0.5) is 0 Å². The fraction of sp³-hybridized carbons (Fsp3) is 0.667. The summed E-state index contributed by atoms with van der Waals surface area (Å²) in [5.74, 6) is 0.342. The minimum Gasteiger partial charge on any atom is -0.207 e. The number of rotatable bonds is 3. The third-order valence-corrected chi connectivity index (χ3v) is 8.13. The Hall–Kier alpha value is 0.380. The van der Waals surface area contributed by atoms with Crippen LogP contribution in [0.1, 0.15) is 37.5 Å². The molecule has 7 heteroatoms. The molecule has 0 bridgehead atoms. The van der Waals surface area contributed by atoms with Crippen molar-refractivity contribution in [3.05, 3.63) is 14.7 Å². The van der Waals surface area contributed by atoms with Gasteiger partial charge in [-0.2, -0.15) is 4.31 Å². The van der Waals surface area contributed by atoms with Crippen LogP contribution in [0.2, 0.25) is 0 Å². The van der Waals surface area contributed by atoms with E-state index in [-0.39, 0.29) is 6.04 Å². The first-order valence-electron chi connectivity index (χ1n) is 6.33. The molecule has 1 aliphatic heterocycles. The molecule has 1 aromatic rings. The fourth-order valence-corrected chi connectivity index (χ4v) is 6.80. The zero-order chi connectivity index (χ0) is 14.0. The van der Waals surface area contributed by atoms with Crippen LogP contribution in [-0.2, 0) is 15.9 Å². The van der Waals surface area contributed by atoms with E-state index in [1.54, 1.807) is 10.4 Å². The van der Waals surface area contributed by atoms with E-state index in [1.165, 1.54) is 11.3 Å². The number of sulfonamides is 1. The minimum atomic E-state index is -3.42. The lowest BCUT2D eigenvalue weighted by Gasteiger charge is -2.25. The van der Waals surface area contributed by atoms with Gasteiger partial charge >= 0.3 is 0 Å². The molecule has 0 radical (unpaired) electrons. The normalized spacial score (nSPS) is 22.4. The van der Waals surface area contributed by atoms with E-state index in [4.69, 9.17) is 11.6 Å². The summed E-state index contributed by atoms with van der Waals surface area (Å²) < 4.78 is 27.8. The standard InChI is InChI=1S/C12H17BrClNO2S2/c1-9-5-3-2-4-6-15(9)19(16,17)11-7-10(8-14)18-12(11)13/h7,9H,2-6,8H2,1H3. The molecule has 1 aliphatic rings. The van der Waals surface area contributed by atoms with Gasteiger partial charge in [-0.3, -0.25) is 0 Å². The summed E-state index contributed by atoms with van der Waals surface area (Å²) in [5.41, 5.74) is 0. The second-order valence-corrected chi connectivity index (χ2v) is 9.38. The predicted octanol–water partition coefficient (Wildman–Crippen LogP) is 4.20. The average molecular weight is 387 g/mol. The van der Waals surface area contributed by atoms with Crippen molar-refractivity contribution in [3.8, 4) is 0 Å². The first-order chi connectivity index (χ1) is 8.96. The van der Waals surface area contributed by atoms with E-state index < -0.39 is 10.0 Å². The van der Waals surface area contributed by atoms with E-state index in [0.29, 0.717) is 21.1 Å². The SMILES string of the molecule is CC1CCCCCN1S(=O)(=O)c1cc(CCl)sc1Br. The number of hydrogen-bond donors (Lipinski definition) is 0. The third-order valence-electron chi connectivity index (χ3n) is 3.42. The molecule has 1 unspecified atom stereocenters. The summed E-state index contributed by atoms with van der Waals surface area (Å²) in [6.45, 7) is 2.60. The van der Waals surface area contributed by atoms with Crippen molar-refractivity contribution in [2.45, 2.75) is 49.4 Å². The molecule has 0 amide bonds. The first kappa shape index (κ1) is 15.8. The van der Waals surface area contributed by atoms with Crippen LogP contribution in [0.5, 0.6) is 0 Å². The van der Waals surface area contributed by atoms with Gasteiger partial charge in [-0.1, -0.05) is 12.8 Å². The summed E-state index contributed by atoms with van der Waals surface area (Å²) >= 11 is 10.5. The van der Waals surface area contributed by atoms with Crippen LogP contribution in [0, 0.1) is 0 Å². The molecule has 1 atom stereocenters. The molecule has 2 rings (SSSR count). The second kappa shape index (κ2) is 6.43. The lowest BCUT2D eigenvalue weighted by atomic mass is 10.1. The number of thiophene rings is 1. The molecule has 108 valence electrons. The van der Waals surface area contributed by atoms with Gasteiger partial charge in [-0.25, -0.2) is 8.42 Å². The highest BCUT2D eigenvalue weighted by molar-refractivity contribution is 9.11. The van der Waals surface area contributed by atoms with Gasteiger partial charge in [0, 0.05) is 17.5 Å². The molecule has 3 nitrogen and oxygen atoms in total. The number of hydrogen-bond acceptors (Lipinski definition) is 3. The maximum absolute atomic E-state index is 12.8. The van der Waals surface area contributed by atoms with E-state index >= 15 is 0 Å². The summed E-state index contributed by atoms with van der Waals surface area (Å²) in [4.78, 5) is 1.23. The highest BCUT2D eigenvalue weighted by Gasteiger charge is 2.32. The Labute approximate surface area is 132 Å². The zero-order valence-corrected chi connectivity index (χ0v) is 14.7. The van der Waals surface area contributed by atoms with Gasteiger partial charge < -0.3 is 0 Å². The topological polar surface area (TPSA) is 37.4 Å². The van der Waals surface area contributed by atoms with E-state index in [0.717, 1.165) is 30.6 Å². The Bertz CT molecular complexity index is 544. The van der Waals surface area contributed by atoms with Crippen LogP contribution in [-0.4, -0.2) is 25.3 Å². The smallest absolute Gasteiger partial charge is 0.207 e. The van der Waals surface area contributed by atoms with Gasteiger partial charge in [0.15, 0.2) is 0 Å². The lowest BCUT2D eigenvalue weighted by Crippen LogP contribution is -2.38. The molecule has 0 aromatic carbocycles. The Morgan fingerprint density at radius 1 is 1.47 bits per heavy atom. The number of nitrogens with zero attached hydrogens (tertiary/aromatic N) is 1. The van der Waals surface area contributed by atoms with E-state index in [9.17, 15) is 8.42 Å². The van der Waals surface area contributed by atoms with Crippen molar-refractivity contribution in [1.82, 2.24) is 4.31 Å². The van der Waals surface area contributed by atoms with E-state index in [1.807, 2.05) is 6.92 Å². The Balaban J connectivity index is 2.37. The van der Waals surface area contributed by atoms with Crippen molar-refractivity contribution in [2.75, 3.05) is 6.54 Å². The van der Waals surface area contributed by atoms with Crippen molar-refractivity contribution in [2.24, 2.45) is 0 Å². The number of halogens is 2. The lowest BCUT2D eigenvalue weighted by molar-refractivity contribution is 0.342. The highest BCUT2D eigenvalue weighted by Crippen LogP contribution is 2.35. The molecule has 0 aliphatic carbocycles. The molecule has 0 saturated carbocycles. The fourth-order valence-electron chi connectivity index (χ4n) is 2.37.